The molecule has 5 nitrogen and oxygen atoms in total. The van der Waals surface area contributed by atoms with E-state index in [-0.39, 0.29) is 5.91 Å². The van der Waals surface area contributed by atoms with E-state index in [1.807, 2.05) is 19.9 Å². The van der Waals surface area contributed by atoms with Crippen LogP contribution in [0.25, 0.3) is 0 Å². The molecule has 148 valence electrons. The zero-order valence-corrected chi connectivity index (χ0v) is 17.0. The minimum absolute atomic E-state index is 0.0782. The molecule has 0 N–H and O–H groups in total. The Balaban J connectivity index is 1.39. The Morgan fingerprint density at radius 3 is 2.68 bits per heavy atom. The monoisotopic (exact) mass is 378 g/mol. The Hall–Kier alpha value is -2.27. The van der Waals surface area contributed by atoms with Crippen LogP contribution in [0.2, 0.25) is 0 Å². The van der Waals surface area contributed by atoms with Crippen molar-refractivity contribution in [2.75, 3.05) is 26.2 Å². The lowest BCUT2D eigenvalue weighted by Gasteiger charge is -2.36. The summed E-state index contributed by atoms with van der Waals surface area (Å²) in [5, 5.41) is 0. The SMILES string of the molecule is Cc1cc(C(=O)N2C[C@@H]3CC[C@H]2CN(CCCc2ccccc2)C3)nc(C)n1. The van der Waals surface area contributed by atoms with Crippen LogP contribution < -0.4 is 0 Å². The van der Waals surface area contributed by atoms with Crippen molar-refractivity contribution in [3.05, 3.63) is 59.2 Å². The molecule has 1 amide bonds. The molecule has 1 aromatic heterocycles. The molecule has 28 heavy (non-hydrogen) atoms. The number of fused-ring (bicyclic) bond motifs is 4. The number of hydrogen-bond acceptors (Lipinski definition) is 4. The van der Waals surface area contributed by atoms with Gasteiger partial charge in [-0.3, -0.25) is 4.79 Å². The van der Waals surface area contributed by atoms with Gasteiger partial charge < -0.3 is 9.80 Å². The van der Waals surface area contributed by atoms with Crippen molar-refractivity contribution in [3.63, 3.8) is 0 Å². The first-order valence-corrected chi connectivity index (χ1v) is 10.5. The summed E-state index contributed by atoms with van der Waals surface area (Å²) in [5.74, 6) is 1.32. The first-order valence-electron chi connectivity index (χ1n) is 10.5. The minimum Gasteiger partial charge on any atom is -0.333 e. The summed E-state index contributed by atoms with van der Waals surface area (Å²) in [7, 11) is 0. The number of nitrogens with zero attached hydrogens (tertiary/aromatic N) is 4. The van der Waals surface area contributed by atoms with Gasteiger partial charge in [-0.2, -0.15) is 0 Å². The van der Waals surface area contributed by atoms with Gasteiger partial charge in [0.15, 0.2) is 0 Å². The lowest BCUT2D eigenvalue weighted by atomic mass is 9.94. The molecule has 3 aliphatic rings. The van der Waals surface area contributed by atoms with Crippen molar-refractivity contribution in [3.8, 4) is 0 Å². The Kier molecular flexibility index (Phi) is 5.72. The number of rotatable bonds is 5. The van der Waals surface area contributed by atoms with Crippen LogP contribution in [0.4, 0.5) is 0 Å². The van der Waals surface area contributed by atoms with Crippen molar-refractivity contribution >= 4 is 5.91 Å². The van der Waals surface area contributed by atoms with Gasteiger partial charge in [0.25, 0.3) is 5.91 Å². The van der Waals surface area contributed by atoms with Crippen molar-refractivity contribution < 1.29 is 4.79 Å². The first kappa shape index (κ1) is 19.1. The van der Waals surface area contributed by atoms with Crippen LogP contribution in [0, 0.1) is 19.8 Å². The van der Waals surface area contributed by atoms with Crippen molar-refractivity contribution in [1.29, 1.82) is 0 Å². The van der Waals surface area contributed by atoms with Crippen LogP contribution in [-0.2, 0) is 6.42 Å². The quantitative estimate of drug-likeness (QED) is 0.801. The summed E-state index contributed by atoms with van der Waals surface area (Å²) in [6, 6.07) is 12.8. The number of aromatic nitrogens is 2. The van der Waals surface area contributed by atoms with Crippen LogP contribution in [0.15, 0.2) is 36.4 Å². The summed E-state index contributed by atoms with van der Waals surface area (Å²) < 4.78 is 0. The highest BCUT2D eigenvalue weighted by atomic mass is 16.2. The zero-order chi connectivity index (χ0) is 19.5. The highest BCUT2D eigenvalue weighted by molar-refractivity contribution is 5.92. The molecule has 5 heteroatoms. The van der Waals surface area contributed by atoms with Crippen LogP contribution in [0.3, 0.4) is 0 Å². The van der Waals surface area contributed by atoms with E-state index in [9.17, 15) is 4.79 Å². The second kappa shape index (κ2) is 8.39. The van der Waals surface area contributed by atoms with Crippen molar-refractivity contribution in [2.24, 2.45) is 5.92 Å². The zero-order valence-electron chi connectivity index (χ0n) is 17.0. The highest BCUT2D eigenvalue weighted by Crippen LogP contribution is 2.29. The third-order valence-corrected chi connectivity index (χ3v) is 6.02. The molecule has 2 atom stereocenters. The standard InChI is InChI=1S/C23H30N4O/c1-17-13-22(25-18(2)24-17)23(28)27-15-20-10-11-21(27)16-26(14-20)12-6-9-19-7-4-3-5-8-19/h3-5,7-8,13,20-21H,6,9-12,14-16H2,1-2H3/t20-,21+/m1/s1. The molecule has 0 aliphatic carbocycles. The lowest BCUT2D eigenvalue weighted by molar-refractivity contribution is 0.0578. The summed E-state index contributed by atoms with van der Waals surface area (Å²) in [4.78, 5) is 26.6. The normalized spacial score (nSPS) is 22.3. The van der Waals surface area contributed by atoms with E-state index in [0.717, 1.165) is 44.7 Å². The molecule has 3 aliphatic heterocycles. The van der Waals surface area contributed by atoms with Crippen LogP contribution in [0.5, 0.6) is 0 Å². The molecule has 4 heterocycles. The number of hydrogen-bond donors (Lipinski definition) is 0. The van der Waals surface area contributed by atoms with Crippen molar-refractivity contribution in [2.45, 2.75) is 45.6 Å². The van der Waals surface area contributed by atoms with Gasteiger partial charge in [0.2, 0.25) is 0 Å². The predicted molar refractivity (Wildman–Crippen MR) is 110 cm³/mol. The van der Waals surface area contributed by atoms with Gasteiger partial charge in [-0.1, -0.05) is 30.3 Å². The van der Waals surface area contributed by atoms with Gasteiger partial charge in [-0.05, 0) is 63.6 Å². The fourth-order valence-electron chi connectivity index (χ4n) is 4.74. The van der Waals surface area contributed by atoms with E-state index in [1.165, 1.54) is 18.4 Å². The average molecular weight is 379 g/mol. The topological polar surface area (TPSA) is 49.3 Å². The third kappa shape index (κ3) is 4.41. The van der Waals surface area contributed by atoms with E-state index in [2.05, 4.69) is 50.1 Å². The first-order chi connectivity index (χ1) is 13.6. The lowest BCUT2D eigenvalue weighted by Crippen LogP contribution is -2.47. The Labute approximate surface area is 167 Å². The molecule has 2 aromatic rings. The summed E-state index contributed by atoms with van der Waals surface area (Å²) in [6.45, 7) is 7.84. The van der Waals surface area contributed by atoms with Gasteiger partial charge in [0.1, 0.15) is 11.5 Å². The molecule has 0 spiro atoms. The molecule has 3 fully saturated rings. The number of amides is 1. The fraction of sp³-hybridized carbons (Fsp3) is 0.522. The second-order valence-electron chi connectivity index (χ2n) is 8.35. The molecule has 3 saturated heterocycles. The van der Waals surface area contributed by atoms with Crippen LogP contribution in [-0.4, -0.2) is 57.9 Å². The number of carbonyl (C=O) groups is 1. The molecule has 0 unspecified atom stereocenters. The van der Waals surface area contributed by atoms with E-state index in [1.54, 1.807) is 0 Å². The van der Waals surface area contributed by atoms with E-state index in [4.69, 9.17) is 0 Å². The van der Waals surface area contributed by atoms with Gasteiger partial charge in [-0.25, -0.2) is 9.97 Å². The number of carbonyl (C=O) groups excluding carboxylic acids is 1. The Bertz CT molecular complexity index is 802. The van der Waals surface area contributed by atoms with E-state index >= 15 is 0 Å². The molecule has 5 rings (SSSR count). The number of benzene rings is 1. The second-order valence-corrected chi connectivity index (χ2v) is 8.35. The number of aryl methyl sites for hydroxylation is 3. The molecule has 1 aromatic carbocycles. The van der Waals surface area contributed by atoms with Crippen molar-refractivity contribution in [1.82, 2.24) is 19.8 Å². The maximum Gasteiger partial charge on any atom is 0.272 e. The van der Waals surface area contributed by atoms with E-state index < -0.39 is 0 Å². The summed E-state index contributed by atoms with van der Waals surface area (Å²) >= 11 is 0. The Morgan fingerprint density at radius 2 is 1.89 bits per heavy atom. The van der Waals surface area contributed by atoms with Gasteiger partial charge >= 0.3 is 0 Å². The van der Waals surface area contributed by atoms with Gasteiger partial charge in [0, 0.05) is 31.4 Å². The minimum atomic E-state index is 0.0782. The summed E-state index contributed by atoms with van der Waals surface area (Å²) in [6.07, 6.45) is 4.62. The maximum atomic E-state index is 13.2. The van der Waals surface area contributed by atoms with Gasteiger partial charge in [-0.15, -0.1) is 0 Å². The molecular formula is C23H30N4O. The summed E-state index contributed by atoms with van der Waals surface area (Å²) in [5.41, 5.74) is 2.82. The smallest absolute Gasteiger partial charge is 0.272 e. The van der Waals surface area contributed by atoms with Crippen LogP contribution >= 0.6 is 0 Å². The fourth-order valence-corrected chi connectivity index (χ4v) is 4.74. The number of piperidine rings is 1. The van der Waals surface area contributed by atoms with Gasteiger partial charge in [0.05, 0.1) is 0 Å². The van der Waals surface area contributed by atoms with E-state index in [0.29, 0.717) is 23.5 Å². The molecule has 0 saturated carbocycles. The third-order valence-electron chi connectivity index (χ3n) is 6.02. The highest BCUT2D eigenvalue weighted by Gasteiger charge is 2.37. The predicted octanol–water partition coefficient (Wildman–Crippen LogP) is 3.26. The Morgan fingerprint density at radius 1 is 1.07 bits per heavy atom. The van der Waals surface area contributed by atoms with Crippen LogP contribution in [0.1, 0.15) is 46.8 Å². The molecular weight excluding hydrogens is 348 g/mol. The molecule has 2 bridgehead atoms. The average Bonchev–Trinajstić information content (AvgIpc) is 2.98. The maximum absolute atomic E-state index is 13.2. The molecule has 0 radical (unpaired) electrons. The largest absolute Gasteiger partial charge is 0.333 e.